The van der Waals surface area contributed by atoms with Crippen LogP contribution in [-0.2, 0) is 0 Å². The van der Waals surface area contributed by atoms with E-state index in [1.807, 2.05) is 24.3 Å². The molecule has 4 aromatic rings. The SMILES string of the molecule is Fc1ccc(-c2noc3ncnc(N4CCN(c5ccc(Cl)cc5)CC4)c23)cc1. The third kappa shape index (κ3) is 3.38. The normalized spacial score (nSPS) is 14.6. The molecule has 1 fully saturated rings. The molecule has 0 atom stereocenters. The zero-order valence-corrected chi connectivity index (χ0v) is 16.2. The number of rotatable bonds is 3. The number of benzene rings is 2. The highest BCUT2D eigenvalue weighted by Gasteiger charge is 2.24. The smallest absolute Gasteiger partial charge is 0.263 e. The highest BCUT2D eigenvalue weighted by molar-refractivity contribution is 6.30. The number of piperazine rings is 1. The molecule has 2 aromatic heterocycles. The van der Waals surface area contributed by atoms with Gasteiger partial charge in [-0.3, -0.25) is 0 Å². The average molecular weight is 410 g/mol. The van der Waals surface area contributed by atoms with Gasteiger partial charge >= 0.3 is 0 Å². The van der Waals surface area contributed by atoms with E-state index < -0.39 is 0 Å². The molecule has 0 N–H and O–H groups in total. The van der Waals surface area contributed by atoms with Crippen LogP contribution in [0.1, 0.15) is 0 Å². The van der Waals surface area contributed by atoms with E-state index in [0.29, 0.717) is 11.4 Å². The molecular weight excluding hydrogens is 393 g/mol. The topological polar surface area (TPSA) is 58.3 Å². The number of hydrogen-bond acceptors (Lipinski definition) is 6. The molecular formula is C21H17ClFN5O. The maximum Gasteiger partial charge on any atom is 0.263 e. The van der Waals surface area contributed by atoms with Gasteiger partial charge in [-0.25, -0.2) is 9.37 Å². The molecule has 1 saturated heterocycles. The lowest BCUT2D eigenvalue weighted by molar-refractivity contribution is 0.451. The van der Waals surface area contributed by atoms with Gasteiger partial charge in [0, 0.05) is 42.5 Å². The first-order valence-corrected chi connectivity index (χ1v) is 9.68. The van der Waals surface area contributed by atoms with Gasteiger partial charge < -0.3 is 14.3 Å². The third-order valence-corrected chi connectivity index (χ3v) is 5.39. The van der Waals surface area contributed by atoms with E-state index in [1.165, 1.54) is 18.5 Å². The zero-order valence-electron chi connectivity index (χ0n) is 15.4. The first-order chi connectivity index (χ1) is 14.2. The van der Waals surface area contributed by atoms with E-state index in [2.05, 4.69) is 24.9 Å². The molecule has 8 heteroatoms. The molecule has 0 unspecified atom stereocenters. The summed E-state index contributed by atoms with van der Waals surface area (Å²) in [5.74, 6) is 0.489. The Kier molecular flexibility index (Phi) is 4.52. The van der Waals surface area contributed by atoms with Crippen LogP contribution in [0.4, 0.5) is 15.9 Å². The van der Waals surface area contributed by atoms with Crippen LogP contribution in [0.5, 0.6) is 0 Å². The molecule has 2 aromatic carbocycles. The second kappa shape index (κ2) is 7.33. The summed E-state index contributed by atoms with van der Waals surface area (Å²) in [6.45, 7) is 3.29. The Labute approximate surface area is 171 Å². The number of fused-ring (bicyclic) bond motifs is 1. The fourth-order valence-corrected chi connectivity index (χ4v) is 3.77. The lowest BCUT2D eigenvalue weighted by atomic mass is 10.1. The summed E-state index contributed by atoms with van der Waals surface area (Å²) >= 11 is 6.00. The maximum absolute atomic E-state index is 13.3. The lowest BCUT2D eigenvalue weighted by Crippen LogP contribution is -2.46. The van der Waals surface area contributed by atoms with Crippen molar-refractivity contribution in [3.63, 3.8) is 0 Å². The van der Waals surface area contributed by atoms with Crippen molar-refractivity contribution in [2.45, 2.75) is 0 Å². The Hall–Kier alpha value is -3.19. The van der Waals surface area contributed by atoms with Gasteiger partial charge in [0.2, 0.25) is 0 Å². The van der Waals surface area contributed by atoms with Crippen LogP contribution >= 0.6 is 11.6 Å². The standard InChI is InChI=1S/C21H17ClFN5O/c22-15-3-7-17(8-4-15)27-9-11-28(12-10-27)20-18-19(14-1-5-16(23)6-2-14)26-29-21(18)25-13-24-20/h1-8,13H,9-12H2. The first kappa shape index (κ1) is 17.9. The van der Waals surface area contributed by atoms with Crippen LogP contribution in [0.3, 0.4) is 0 Å². The van der Waals surface area contributed by atoms with Crippen LogP contribution in [0, 0.1) is 5.82 Å². The summed E-state index contributed by atoms with van der Waals surface area (Å²) in [6.07, 6.45) is 1.49. The molecule has 5 rings (SSSR count). The van der Waals surface area contributed by atoms with Gasteiger partial charge in [-0.15, -0.1) is 0 Å². The third-order valence-electron chi connectivity index (χ3n) is 5.14. The van der Waals surface area contributed by atoms with Crippen molar-refractivity contribution in [3.05, 3.63) is 65.7 Å². The molecule has 0 spiro atoms. The van der Waals surface area contributed by atoms with E-state index in [4.69, 9.17) is 16.1 Å². The quantitative estimate of drug-likeness (QED) is 0.499. The fraction of sp³-hybridized carbons (Fsp3) is 0.190. The minimum Gasteiger partial charge on any atom is -0.368 e. The van der Waals surface area contributed by atoms with Crippen molar-refractivity contribution in [2.24, 2.45) is 0 Å². The number of hydrogen-bond donors (Lipinski definition) is 0. The summed E-state index contributed by atoms with van der Waals surface area (Å²) in [7, 11) is 0. The predicted molar refractivity (Wildman–Crippen MR) is 111 cm³/mol. The molecule has 0 radical (unpaired) electrons. The van der Waals surface area contributed by atoms with E-state index in [9.17, 15) is 4.39 Å². The Bertz CT molecular complexity index is 1140. The van der Waals surface area contributed by atoms with Crippen molar-refractivity contribution in [2.75, 3.05) is 36.0 Å². The molecule has 29 heavy (non-hydrogen) atoms. The van der Waals surface area contributed by atoms with Crippen LogP contribution < -0.4 is 9.80 Å². The minimum absolute atomic E-state index is 0.295. The molecule has 0 saturated carbocycles. The Morgan fingerprint density at radius 3 is 2.28 bits per heavy atom. The summed E-state index contributed by atoms with van der Waals surface area (Å²) in [5.41, 5.74) is 2.96. The van der Waals surface area contributed by atoms with Gasteiger partial charge in [0.05, 0.1) is 0 Å². The zero-order chi connectivity index (χ0) is 19.8. The van der Waals surface area contributed by atoms with Gasteiger partial charge in [-0.05, 0) is 48.5 Å². The van der Waals surface area contributed by atoms with E-state index in [-0.39, 0.29) is 5.82 Å². The molecule has 3 heterocycles. The number of anilines is 2. The second-order valence-corrected chi connectivity index (χ2v) is 7.30. The number of nitrogens with zero attached hydrogens (tertiary/aromatic N) is 5. The monoisotopic (exact) mass is 409 g/mol. The Balaban J connectivity index is 1.44. The highest BCUT2D eigenvalue weighted by Crippen LogP contribution is 2.33. The summed E-state index contributed by atoms with van der Waals surface area (Å²) < 4.78 is 18.7. The second-order valence-electron chi connectivity index (χ2n) is 6.87. The molecule has 1 aliphatic heterocycles. The first-order valence-electron chi connectivity index (χ1n) is 9.31. The molecule has 1 aliphatic rings. The van der Waals surface area contributed by atoms with Crippen molar-refractivity contribution in [3.8, 4) is 11.3 Å². The van der Waals surface area contributed by atoms with Gasteiger partial charge in [0.1, 0.15) is 29.0 Å². The summed E-state index contributed by atoms with van der Waals surface area (Å²) in [6, 6.07) is 14.1. The van der Waals surface area contributed by atoms with E-state index >= 15 is 0 Å². The van der Waals surface area contributed by atoms with Gasteiger partial charge in [-0.1, -0.05) is 16.8 Å². The Morgan fingerprint density at radius 2 is 1.55 bits per heavy atom. The minimum atomic E-state index is -0.295. The van der Waals surface area contributed by atoms with Crippen molar-refractivity contribution in [1.29, 1.82) is 0 Å². The van der Waals surface area contributed by atoms with Crippen LogP contribution in [-0.4, -0.2) is 41.3 Å². The van der Waals surface area contributed by atoms with Crippen molar-refractivity contribution < 1.29 is 8.91 Å². The van der Waals surface area contributed by atoms with Gasteiger partial charge in [0.15, 0.2) is 0 Å². The molecule has 0 aliphatic carbocycles. The molecule has 0 amide bonds. The van der Waals surface area contributed by atoms with Crippen molar-refractivity contribution >= 4 is 34.2 Å². The van der Waals surface area contributed by atoms with Crippen LogP contribution in [0.15, 0.2) is 59.4 Å². The maximum atomic E-state index is 13.3. The Morgan fingerprint density at radius 1 is 0.862 bits per heavy atom. The molecule has 6 nitrogen and oxygen atoms in total. The van der Waals surface area contributed by atoms with Crippen LogP contribution in [0.2, 0.25) is 5.02 Å². The van der Waals surface area contributed by atoms with Gasteiger partial charge in [0.25, 0.3) is 5.71 Å². The van der Waals surface area contributed by atoms with E-state index in [1.54, 1.807) is 12.1 Å². The van der Waals surface area contributed by atoms with Crippen LogP contribution in [0.25, 0.3) is 22.4 Å². The van der Waals surface area contributed by atoms with E-state index in [0.717, 1.165) is 53.7 Å². The number of aromatic nitrogens is 3. The highest BCUT2D eigenvalue weighted by atomic mass is 35.5. The van der Waals surface area contributed by atoms with Gasteiger partial charge in [-0.2, -0.15) is 4.98 Å². The number of halogens is 2. The molecule has 146 valence electrons. The predicted octanol–water partition coefficient (Wildman–Crippen LogP) is 4.40. The average Bonchev–Trinajstić information content (AvgIpc) is 3.19. The molecule has 0 bridgehead atoms. The lowest BCUT2D eigenvalue weighted by Gasteiger charge is -2.36. The fourth-order valence-electron chi connectivity index (χ4n) is 3.64. The summed E-state index contributed by atoms with van der Waals surface area (Å²) in [4.78, 5) is 13.3. The van der Waals surface area contributed by atoms with Crippen molar-refractivity contribution in [1.82, 2.24) is 15.1 Å². The summed E-state index contributed by atoms with van der Waals surface area (Å²) in [5, 5.41) is 5.65. The largest absolute Gasteiger partial charge is 0.368 e.